The summed E-state index contributed by atoms with van der Waals surface area (Å²) in [5.41, 5.74) is 0. The number of aliphatic hydroxyl groups is 1. The van der Waals surface area contributed by atoms with E-state index in [0.29, 0.717) is 0 Å². The minimum Gasteiger partial charge on any atom is -0.393 e. The highest BCUT2D eigenvalue weighted by molar-refractivity contribution is 4.60. The van der Waals surface area contributed by atoms with E-state index in [1.165, 1.54) is 0 Å². The zero-order valence-electron chi connectivity index (χ0n) is 8.30. The number of hydrogen-bond acceptors (Lipinski definition) is 1. The largest absolute Gasteiger partial charge is 0.393 e. The first-order valence-electron chi connectivity index (χ1n) is 4.76. The Balaban J connectivity index is 3.37. The quantitative estimate of drug-likeness (QED) is 0.652. The zero-order valence-corrected chi connectivity index (χ0v) is 8.30. The van der Waals surface area contributed by atoms with E-state index in [1.807, 2.05) is 6.92 Å². The molecule has 0 amide bonds. The van der Waals surface area contributed by atoms with Gasteiger partial charge in [-0.1, -0.05) is 27.7 Å². The van der Waals surface area contributed by atoms with E-state index in [9.17, 15) is 5.11 Å². The first kappa shape index (κ1) is 11.0. The van der Waals surface area contributed by atoms with E-state index in [2.05, 4.69) is 20.8 Å². The molecule has 1 heteroatoms. The second kappa shape index (κ2) is 5.59. The lowest BCUT2D eigenvalue weighted by molar-refractivity contribution is 0.147. The summed E-state index contributed by atoms with van der Waals surface area (Å²) < 4.78 is 0. The standard InChI is InChI=1S/C10H22O/c1-5-10(11)7-6-9(4)8(2)3/h8-11H,5-7H2,1-4H3. The topological polar surface area (TPSA) is 20.2 Å². The lowest BCUT2D eigenvalue weighted by Crippen LogP contribution is -2.10. The summed E-state index contributed by atoms with van der Waals surface area (Å²) in [5.74, 6) is 1.50. The van der Waals surface area contributed by atoms with Crippen LogP contribution >= 0.6 is 0 Å². The molecule has 0 rings (SSSR count). The van der Waals surface area contributed by atoms with Crippen LogP contribution in [0.5, 0.6) is 0 Å². The summed E-state index contributed by atoms with van der Waals surface area (Å²) in [6.45, 7) is 8.77. The molecule has 0 radical (unpaired) electrons. The summed E-state index contributed by atoms with van der Waals surface area (Å²) in [6, 6.07) is 0. The first-order valence-corrected chi connectivity index (χ1v) is 4.76. The van der Waals surface area contributed by atoms with Crippen molar-refractivity contribution in [2.24, 2.45) is 11.8 Å². The average molecular weight is 158 g/mol. The van der Waals surface area contributed by atoms with Gasteiger partial charge in [0.15, 0.2) is 0 Å². The molecule has 0 saturated carbocycles. The van der Waals surface area contributed by atoms with Crippen LogP contribution in [0, 0.1) is 11.8 Å². The Hall–Kier alpha value is -0.0400. The van der Waals surface area contributed by atoms with Crippen molar-refractivity contribution in [3.8, 4) is 0 Å². The lowest BCUT2D eigenvalue weighted by Gasteiger charge is -2.16. The third-order valence-electron chi connectivity index (χ3n) is 2.56. The van der Waals surface area contributed by atoms with Gasteiger partial charge in [0.05, 0.1) is 6.10 Å². The van der Waals surface area contributed by atoms with Crippen LogP contribution in [0.15, 0.2) is 0 Å². The summed E-state index contributed by atoms with van der Waals surface area (Å²) >= 11 is 0. The van der Waals surface area contributed by atoms with Gasteiger partial charge < -0.3 is 5.11 Å². The van der Waals surface area contributed by atoms with Gasteiger partial charge in [-0.05, 0) is 31.1 Å². The van der Waals surface area contributed by atoms with E-state index >= 15 is 0 Å². The van der Waals surface area contributed by atoms with E-state index < -0.39 is 0 Å². The third kappa shape index (κ3) is 5.25. The van der Waals surface area contributed by atoms with E-state index in [1.54, 1.807) is 0 Å². The van der Waals surface area contributed by atoms with Gasteiger partial charge in [0.25, 0.3) is 0 Å². The van der Waals surface area contributed by atoms with Crippen molar-refractivity contribution in [1.29, 1.82) is 0 Å². The summed E-state index contributed by atoms with van der Waals surface area (Å²) in [7, 11) is 0. The fraction of sp³-hybridized carbons (Fsp3) is 1.00. The van der Waals surface area contributed by atoms with Gasteiger partial charge in [-0.25, -0.2) is 0 Å². The molecule has 0 heterocycles. The fourth-order valence-electron chi connectivity index (χ4n) is 0.993. The van der Waals surface area contributed by atoms with Crippen LogP contribution in [-0.4, -0.2) is 11.2 Å². The number of hydrogen-bond donors (Lipinski definition) is 1. The summed E-state index contributed by atoms with van der Waals surface area (Å²) in [5, 5.41) is 9.29. The Bertz CT molecular complexity index is 88.9. The lowest BCUT2D eigenvalue weighted by atomic mass is 9.92. The zero-order chi connectivity index (χ0) is 8.85. The van der Waals surface area contributed by atoms with Crippen molar-refractivity contribution in [2.75, 3.05) is 0 Å². The maximum atomic E-state index is 9.29. The summed E-state index contributed by atoms with van der Waals surface area (Å²) in [4.78, 5) is 0. The molecule has 0 aliphatic carbocycles. The van der Waals surface area contributed by atoms with Crippen molar-refractivity contribution < 1.29 is 5.11 Å². The minimum atomic E-state index is -0.0730. The first-order chi connectivity index (χ1) is 5.07. The predicted octanol–water partition coefficient (Wildman–Crippen LogP) is 2.83. The van der Waals surface area contributed by atoms with E-state index in [4.69, 9.17) is 0 Å². The number of rotatable bonds is 5. The average Bonchev–Trinajstić information content (AvgIpc) is 1.99. The molecule has 11 heavy (non-hydrogen) atoms. The highest BCUT2D eigenvalue weighted by Gasteiger charge is 2.08. The Morgan fingerprint density at radius 1 is 1.09 bits per heavy atom. The SMILES string of the molecule is CCC(O)CCC(C)C(C)C. The maximum Gasteiger partial charge on any atom is 0.0537 e. The second-order valence-electron chi connectivity index (χ2n) is 3.86. The molecule has 0 aliphatic heterocycles. The van der Waals surface area contributed by atoms with Crippen molar-refractivity contribution in [2.45, 2.75) is 53.1 Å². The molecule has 0 spiro atoms. The monoisotopic (exact) mass is 158 g/mol. The molecule has 1 nitrogen and oxygen atoms in total. The Kier molecular flexibility index (Phi) is 5.57. The van der Waals surface area contributed by atoms with Gasteiger partial charge in [0.2, 0.25) is 0 Å². The molecule has 0 aliphatic rings. The fourth-order valence-corrected chi connectivity index (χ4v) is 0.993. The highest BCUT2D eigenvalue weighted by atomic mass is 16.3. The Labute approximate surface area is 70.8 Å². The third-order valence-corrected chi connectivity index (χ3v) is 2.56. The van der Waals surface area contributed by atoms with Crippen molar-refractivity contribution >= 4 is 0 Å². The Morgan fingerprint density at radius 3 is 2.00 bits per heavy atom. The molecule has 2 atom stereocenters. The van der Waals surface area contributed by atoms with Crippen LogP contribution in [0.1, 0.15) is 47.0 Å². The minimum absolute atomic E-state index is 0.0730. The summed E-state index contributed by atoms with van der Waals surface area (Å²) in [6.07, 6.45) is 2.95. The van der Waals surface area contributed by atoms with Gasteiger partial charge in [-0.15, -0.1) is 0 Å². The maximum absolute atomic E-state index is 9.29. The smallest absolute Gasteiger partial charge is 0.0537 e. The molecule has 0 aromatic rings. The van der Waals surface area contributed by atoms with Crippen LogP contribution in [0.25, 0.3) is 0 Å². The van der Waals surface area contributed by atoms with Crippen LogP contribution in [0.2, 0.25) is 0 Å². The Morgan fingerprint density at radius 2 is 1.64 bits per heavy atom. The molecule has 1 N–H and O–H groups in total. The number of aliphatic hydroxyl groups excluding tert-OH is 1. The van der Waals surface area contributed by atoms with Crippen LogP contribution in [0.3, 0.4) is 0 Å². The highest BCUT2D eigenvalue weighted by Crippen LogP contribution is 2.17. The van der Waals surface area contributed by atoms with Crippen LogP contribution in [0.4, 0.5) is 0 Å². The molecule has 68 valence electrons. The normalized spacial score (nSPS) is 16.9. The van der Waals surface area contributed by atoms with Crippen molar-refractivity contribution in [3.05, 3.63) is 0 Å². The van der Waals surface area contributed by atoms with Gasteiger partial charge in [-0.2, -0.15) is 0 Å². The van der Waals surface area contributed by atoms with Crippen molar-refractivity contribution in [1.82, 2.24) is 0 Å². The van der Waals surface area contributed by atoms with Gasteiger partial charge in [-0.3, -0.25) is 0 Å². The molecule has 0 saturated heterocycles. The van der Waals surface area contributed by atoms with E-state index in [-0.39, 0.29) is 6.10 Å². The molecular formula is C10H22O. The van der Waals surface area contributed by atoms with Crippen molar-refractivity contribution in [3.63, 3.8) is 0 Å². The molecule has 0 aromatic carbocycles. The van der Waals surface area contributed by atoms with Gasteiger partial charge in [0.1, 0.15) is 0 Å². The molecule has 0 aromatic heterocycles. The van der Waals surface area contributed by atoms with Crippen LogP contribution < -0.4 is 0 Å². The molecule has 0 fully saturated rings. The molecule has 2 unspecified atom stereocenters. The molecule has 0 bridgehead atoms. The van der Waals surface area contributed by atoms with Crippen LogP contribution in [-0.2, 0) is 0 Å². The van der Waals surface area contributed by atoms with Gasteiger partial charge >= 0.3 is 0 Å². The second-order valence-corrected chi connectivity index (χ2v) is 3.86. The molecular weight excluding hydrogens is 136 g/mol. The predicted molar refractivity (Wildman–Crippen MR) is 49.5 cm³/mol. The van der Waals surface area contributed by atoms with E-state index in [0.717, 1.165) is 31.1 Å². The van der Waals surface area contributed by atoms with Gasteiger partial charge in [0, 0.05) is 0 Å².